The summed E-state index contributed by atoms with van der Waals surface area (Å²) in [5.41, 5.74) is 0. The zero-order valence-corrected chi connectivity index (χ0v) is 6.86. The van der Waals surface area contributed by atoms with Gasteiger partial charge in [-0.3, -0.25) is 0 Å². The van der Waals surface area contributed by atoms with Gasteiger partial charge in [0.25, 0.3) is 0 Å². The Labute approximate surface area is 71.6 Å². The van der Waals surface area contributed by atoms with Crippen LogP contribution in [0.4, 0.5) is 0 Å². The molecule has 0 heterocycles. The molecule has 1 aromatic carbocycles. The second-order valence-corrected chi connectivity index (χ2v) is 2.02. The highest BCUT2D eigenvalue weighted by atomic mass is 16.6. The molecule has 3 nitrogen and oxygen atoms in total. The van der Waals surface area contributed by atoms with Gasteiger partial charge in [-0.1, -0.05) is 17.3 Å². The van der Waals surface area contributed by atoms with Crippen LogP contribution in [0.1, 0.15) is 0 Å². The first-order valence-corrected chi connectivity index (χ1v) is 3.57. The Kier molecular flexibility index (Phi) is 3.71. The number of oxime groups is 1. The molecule has 0 bridgehead atoms. The molecule has 1 radical (unpaired) electrons. The summed E-state index contributed by atoms with van der Waals surface area (Å²) in [5.74, 6) is 0.802. The summed E-state index contributed by atoms with van der Waals surface area (Å²) in [7, 11) is 1.49. The standard InChI is InChI=1S/C9H10NO2/c1-11-10-7-8-12-9-5-3-2-4-6-9/h3-7H,8H2,1H3. The lowest BCUT2D eigenvalue weighted by atomic mass is 10.3. The van der Waals surface area contributed by atoms with Gasteiger partial charge in [0.15, 0.2) is 0 Å². The topological polar surface area (TPSA) is 30.8 Å². The molecule has 1 rings (SSSR count). The SMILES string of the molecule is CON=CCOc1cc[c]cc1. The van der Waals surface area contributed by atoms with Crippen LogP contribution in [0.15, 0.2) is 29.4 Å². The summed E-state index contributed by atoms with van der Waals surface area (Å²) in [4.78, 5) is 4.46. The minimum absolute atomic E-state index is 0.415. The van der Waals surface area contributed by atoms with Crippen LogP contribution < -0.4 is 4.74 Å². The van der Waals surface area contributed by atoms with Gasteiger partial charge in [-0.2, -0.15) is 0 Å². The van der Waals surface area contributed by atoms with Crippen molar-refractivity contribution in [1.29, 1.82) is 0 Å². The Morgan fingerprint density at radius 3 is 2.92 bits per heavy atom. The van der Waals surface area contributed by atoms with Crippen molar-refractivity contribution < 1.29 is 9.57 Å². The van der Waals surface area contributed by atoms with E-state index in [1.54, 1.807) is 18.3 Å². The maximum absolute atomic E-state index is 5.26. The van der Waals surface area contributed by atoms with Crippen LogP contribution in [0, 0.1) is 6.07 Å². The average Bonchev–Trinajstić information content (AvgIpc) is 2.14. The van der Waals surface area contributed by atoms with Crippen LogP contribution in [-0.4, -0.2) is 19.9 Å². The maximum Gasteiger partial charge on any atom is 0.127 e. The third kappa shape index (κ3) is 3.05. The first-order chi connectivity index (χ1) is 5.93. The number of ether oxygens (including phenoxy) is 1. The van der Waals surface area contributed by atoms with E-state index in [2.05, 4.69) is 16.1 Å². The van der Waals surface area contributed by atoms with Crippen molar-refractivity contribution in [3.63, 3.8) is 0 Å². The Balaban J connectivity index is 2.29. The second kappa shape index (κ2) is 5.18. The zero-order valence-electron chi connectivity index (χ0n) is 6.86. The summed E-state index contributed by atoms with van der Waals surface area (Å²) in [6, 6.07) is 10.2. The van der Waals surface area contributed by atoms with Gasteiger partial charge < -0.3 is 9.57 Å². The third-order valence-corrected chi connectivity index (χ3v) is 1.19. The summed E-state index contributed by atoms with van der Waals surface area (Å²) in [6.07, 6.45) is 1.55. The van der Waals surface area contributed by atoms with Crippen molar-refractivity contribution in [2.24, 2.45) is 5.16 Å². The highest BCUT2D eigenvalue weighted by molar-refractivity contribution is 5.58. The number of hydrogen-bond acceptors (Lipinski definition) is 3. The molecule has 63 valence electrons. The summed E-state index contributed by atoms with van der Waals surface area (Å²) >= 11 is 0. The van der Waals surface area contributed by atoms with Crippen molar-refractivity contribution >= 4 is 6.21 Å². The first-order valence-electron chi connectivity index (χ1n) is 3.57. The predicted octanol–water partition coefficient (Wildman–Crippen LogP) is 1.50. The normalized spacial score (nSPS) is 10.1. The molecule has 3 heteroatoms. The first kappa shape index (κ1) is 8.59. The van der Waals surface area contributed by atoms with Crippen LogP contribution >= 0.6 is 0 Å². The Bertz CT molecular complexity index is 234. The highest BCUT2D eigenvalue weighted by Crippen LogP contribution is 2.06. The van der Waals surface area contributed by atoms with E-state index in [0.717, 1.165) is 5.75 Å². The van der Waals surface area contributed by atoms with Gasteiger partial charge in [0, 0.05) is 0 Å². The van der Waals surface area contributed by atoms with Crippen molar-refractivity contribution in [2.45, 2.75) is 0 Å². The fourth-order valence-electron chi connectivity index (χ4n) is 0.706. The van der Waals surface area contributed by atoms with Crippen molar-refractivity contribution in [1.82, 2.24) is 0 Å². The molecule has 0 aromatic heterocycles. The van der Waals surface area contributed by atoms with Gasteiger partial charge >= 0.3 is 0 Å². The molecule has 0 aliphatic heterocycles. The lowest BCUT2D eigenvalue weighted by Crippen LogP contribution is -1.97. The van der Waals surface area contributed by atoms with Crippen LogP contribution in [0.3, 0.4) is 0 Å². The molecule has 0 N–H and O–H groups in total. The second-order valence-electron chi connectivity index (χ2n) is 2.02. The third-order valence-electron chi connectivity index (χ3n) is 1.19. The van der Waals surface area contributed by atoms with E-state index in [4.69, 9.17) is 4.74 Å². The van der Waals surface area contributed by atoms with E-state index in [0.29, 0.717) is 6.61 Å². The zero-order chi connectivity index (χ0) is 8.65. The lowest BCUT2D eigenvalue weighted by molar-refractivity contribution is 0.212. The Morgan fingerprint density at radius 2 is 2.25 bits per heavy atom. The molecule has 0 aliphatic carbocycles. The van der Waals surface area contributed by atoms with Crippen LogP contribution in [0.2, 0.25) is 0 Å². The molecule has 0 saturated carbocycles. The molecule has 12 heavy (non-hydrogen) atoms. The molecular weight excluding hydrogens is 154 g/mol. The van der Waals surface area contributed by atoms with Crippen molar-refractivity contribution in [3.8, 4) is 5.75 Å². The fourth-order valence-corrected chi connectivity index (χ4v) is 0.706. The predicted molar refractivity (Wildman–Crippen MR) is 46.3 cm³/mol. The van der Waals surface area contributed by atoms with E-state index < -0.39 is 0 Å². The van der Waals surface area contributed by atoms with E-state index in [1.807, 2.05) is 12.1 Å². The Morgan fingerprint density at radius 1 is 1.50 bits per heavy atom. The molecular formula is C9H10NO2. The summed E-state index contributed by atoms with van der Waals surface area (Å²) in [5, 5.41) is 3.53. The van der Waals surface area contributed by atoms with E-state index in [-0.39, 0.29) is 0 Å². The maximum atomic E-state index is 5.26. The van der Waals surface area contributed by atoms with Crippen molar-refractivity contribution in [3.05, 3.63) is 30.3 Å². The molecule has 0 amide bonds. The average molecular weight is 164 g/mol. The molecule has 0 saturated heterocycles. The number of benzene rings is 1. The van der Waals surface area contributed by atoms with Crippen LogP contribution in [-0.2, 0) is 4.84 Å². The van der Waals surface area contributed by atoms with Gasteiger partial charge in [-0.15, -0.1) is 0 Å². The minimum atomic E-state index is 0.415. The molecule has 0 fully saturated rings. The fraction of sp³-hybridized carbons (Fsp3) is 0.222. The quantitative estimate of drug-likeness (QED) is 0.498. The van der Waals surface area contributed by atoms with Gasteiger partial charge in [0.2, 0.25) is 0 Å². The molecule has 0 unspecified atom stereocenters. The number of nitrogens with zero attached hydrogens (tertiary/aromatic N) is 1. The van der Waals surface area contributed by atoms with Gasteiger partial charge in [0.1, 0.15) is 19.5 Å². The molecule has 0 atom stereocenters. The molecule has 1 aromatic rings. The monoisotopic (exact) mass is 164 g/mol. The van der Waals surface area contributed by atoms with Gasteiger partial charge in [0.05, 0.1) is 6.21 Å². The highest BCUT2D eigenvalue weighted by Gasteiger charge is 1.87. The minimum Gasteiger partial charge on any atom is -0.488 e. The van der Waals surface area contributed by atoms with E-state index in [9.17, 15) is 0 Å². The summed E-state index contributed by atoms with van der Waals surface area (Å²) in [6.45, 7) is 0.415. The van der Waals surface area contributed by atoms with Gasteiger partial charge in [-0.25, -0.2) is 0 Å². The molecule has 0 aliphatic rings. The largest absolute Gasteiger partial charge is 0.488 e. The van der Waals surface area contributed by atoms with Gasteiger partial charge in [-0.05, 0) is 18.2 Å². The van der Waals surface area contributed by atoms with Crippen molar-refractivity contribution in [2.75, 3.05) is 13.7 Å². The van der Waals surface area contributed by atoms with Crippen LogP contribution in [0.25, 0.3) is 0 Å². The summed E-state index contributed by atoms with van der Waals surface area (Å²) < 4.78 is 5.26. The molecule has 0 spiro atoms. The Hall–Kier alpha value is -1.51. The van der Waals surface area contributed by atoms with E-state index in [1.165, 1.54) is 7.11 Å². The number of hydrogen-bond donors (Lipinski definition) is 0. The smallest absolute Gasteiger partial charge is 0.127 e. The van der Waals surface area contributed by atoms with Crippen LogP contribution in [0.5, 0.6) is 5.75 Å². The lowest BCUT2D eigenvalue weighted by Gasteiger charge is -1.99. The van der Waals surface area contributed by atoms with E-state index >= 15 is 0 Å². The number of rotatable bonds is 4.